The van der Waals surface area contributed by atoms with Crippen molar-refractivity contribution in [1.82, 2.24) is 0 Å². The van der Waals surface area contributed by atoms with Crippen LogP contribution in [0.4, 0.5) is 18.9 Å². The molecule has 0 aliphatic heterocycles. The molecule has 1 aromatic rings. The number of rotatable bonds is 7. The van der Waals surface area contributed by atoms with E-state index in [1.54, 1.807) is 7.11 Å². The first-order valence-corrected chi connectivity index (χ1v) is 5.99. The van der Waals surface area contributed by atoms with E-state index >= 15 is 0 Å². The van der Waals surface area contributed by atoms with Gasteiger partial charge in [0, 0.05) is 24.4 Å². The second kappa shape index (κ2) is 7.57. The molecule has 0 aliphatic carbocycles. The number of nitrogens with one attached hydrogen (secondary N) is 1. The lowest BCUT2D eigenvalue weighted by Crippen LogP contribution is -2.13. The number of methoxy groups -OCH3 is 1. The van der Waals surface area contributed by atoms with E-state index in [1.807, 2.05) is 0 Å². The summed E-state index contributed by atoms with van der Waals surface area (Å²) in [5.74, 6) is 0. The lowest BCUT2D eigenvalue weighted by molar-refractivity contribution is -0.137. The SMILES string of the molecule is COCCOCCNc1cc(Cl)cc(C(F)(F)F)c1. The van der Waals surface area contributed by atoms with E-state index in [0.29, 0.717) is 32.1 Å². The fourth-order valence-electron chi connectivity index (χ4n) is 1.37. The minimum Gasteiger partial charge on any atom is -0.383 e. The number of hydrogen-bond acceptors (Lipinski definition) is 3. The largest absolute Gasteiger partial charge is 0.416 e. The molecule has 0 amide bonds. The number of halogens is 4. The number of benzene rings is 1. The summed E-state index contributed by atoms with van der Waals surface area (Å²) in [6.07, 6.45) is -4.41. The third kappa shape index (κ3) is 6.13. The summed E-state index contributed by atoms with van der Waals surface area (Å²) >= 11 is 5.65. The van der Waals surface area contributed by atoms with Crippen molar-refractivity contribution in [2.45, 2.75) is 6.18 Å². The van der Waals surface area contributed by atoms with Crippen molar-refractivity contribution in [1.29, 1.82) is 0 Å². The van der Waals surface area contributed by atoms with Crippen molar-refractivity contribution < 1.29 is 22.6 Å². The molecule has 0 saturated heterocycles. The maximum absolute atomic E-state index is 12.6. The maximum atomic E-state index is 12.6. The van der Waals surface area contributed by atoms with E-state index in [0.717, 1.165) is 12.1 Å². The Bertz CT molecular complexity index is 399. The molecule has 0 aliphatic rings. The minimum absolute atomic E-state index is 0.0395. The van der Waals surface area contributed by atoms with Gasteiger partial charge in [-0.05, 0) is 18.2 Å². The molecule has 3 nitrogen and oxygen atoms in total. The number of anilines is 1. The molecule has 1 aromatic carbocycles. The molecule has 0 bridgehead atoms. The standard InChI is InChI=1S/C12H15ClF3NO2/c1-18-4-5-19-3-2-17-11-7-9(12(14,15)16)6-10(13)8-11/h6-8,17H,2-5H2,1H3. The predicted molar refractivity (Wildman–Crippen MR) is 67.6 cm³/mol. The molecule has 0 radical (unpaired) electrons. The normalized spacial score (nSPS) is 11.6. The lowest BCUT2D eigenvalue weighted by Gasteiger charge is -2.11. The molecular weight excluding hydrogens is 283 g/mol. The van der Waals surface area contributed by atoms with Crippen LogP contribution in [0.15, 0.2) is 18.2 Å². The van der Waals surface area contributed by atoms with Crippen LogP contribution in [0.25, 0.3) is 0 Å². The third-order valence-corrected chi connectivity index (χ3v) is 2.45. The Labute approximate surface area is 114 Å². The van der Waals surface area contributed by atoms with Crippen molar-refractivity contribution in [2.24, 2.45) is 0 Å². The monoisotopic (exact) mass is 297 g/mol. The molecule has 0 fully saturated rings. The highest BCUT2D eigenvalue weighted by atomic mass is 35.5. The summed E-state index contributed by atoms with van der Waals surface area (Å²) in [5.41, 5.74) is -0.460. The van der Waals surface area contributed by atoms with Gasteiger partial charge in [-0.25, -0.2) is 0 Å². The molecule has 19 heavy (non-hydrogen) atoms. The minimum atomic E-state index is -4.41. The Kier molecular flexibility index (Phi) is 6.41. The average Bonchev–Trinajstić information content (AvgIpc) is 2.32. The molecule has 108 valence electrons. The van der Waals surface area contributed by atoms with Gasteiger partial charge < -0.3 is 14.8 Å². The summed E-state index contributed by atoms with van der Waals surface area (Å²) in [6, 6.07) is 3.34. The van der Waals surface area contributed by atoms with Gasteiger partial charge in [-0.15, -0.1) is 0 Å². The first-order chi connectivity index (χ1) is 8.93. The zero-order valence-corrected chi connectivity index (χ0v) is 11.1. The molecule has 0 unspecified atom stereocenters. The number of alkyl halides is 3. The molecule has 0 atom stereocenters. The first-order valence-electron chi connectivity index (χ1n) is 5.62. The van der Waals surface area contributed by atoms with Gasteiger partial charge in [0.25, 0.3) is 0 Å². The van der Waals surface area contributed by atoms with Gasteiger partial charge >= 0.3 is 6.18 Å². The van der Waals surface area contributed by atoms with Crippen LogP contribution in [0.3, 0.4) is 0 Å². The third-order valence-electron chi connectivity index (χ3n) is 2.23. The van der Waals surface area contributed by atoms with E-state index in [2.05, 4.69) is 5.32 Å². The smallest absolute Gasteiger partial charge is 0.383 e. The maximum Gasteiger partial charge on any atom is 0.416 e. The number of hydrogen-bond donors (Lipinski definition) is 1. The molecule has 0 spiro atoms. The van der Waals surface area contributed by atoms with Crippen molar-refractivity contribution in [3.05, 3.63) is 28.8 Å². The molecule has 7 heteroatoms. The van der Waals surface area contributed by atoms with Crippen molar-refractivity contribution in [3.8, 4) is 0 Å². The van der Waals surface area contributed by atoms with E-state index in [-0.39, 0.29) is 5.02 Å². The highest BCUT2D eigenvalue weighted by Crippen LogP contribution is 2.33. The first kappa shape index (κ1) is 16.1. The van der Waals surface area contributed by atoms with Gasteiger partial charge in [0.2, 0.25) is 0 Å². The van der Waals surface area contributed by atoms with Crippen molar-refractivity contribution in [3.63, 3.8) is 0 Å². The highest BCUT2D eigenvalue weighted by molar-refractivity contribution is 6.30. The molecule has 0 saturated carbocycles. The average molecular weight is 298 g/mol. The Morgan fingerprint density at radius 1 is 1.16 bits per heavy atom. The summed E-state index contributed by atoms with van der Waals surface area (Å²) in [6.45, 7) is 1.69. The second-order valence-corrected chi connectivity index (χ2v) is 4.19. The van der Waals surface area contributed by atoms with Crippen LogP contribution < -0.4 is 5.32 Å². The van der Waals surface area contributed by atoms with Crippen LogP contribution in [0.5, 0.6) is 0 Å². The van der Waals surface area contributed by atoms with Crippen LogP contribution in [0.2, 0.25) is 5.02 Å². The van der Waals surface area contributed by atoms with Crippen molar-refractivity contribution in [2.75, 3.05) is 38.8 Å². The topological polar surface area (TPSA) is 30.5 Å². The Balaban J connectivity index is 2.48. The van der Waals surface area contributed by atoms with Crippen LogP contribution >= 0.6 is 11.6 Å². The predicted octanol–water partition coefficient (Wildman–Crippen LogP) is 3.43. The highest BCUT2D eigenvalue weighted by Gasteiger charge is 2.31. The van der Waals surface area contributed by atoms with Crippen LogP contribution in [0.1, 0.15) is 5.56 Å². The Hall–Kier alpha value is -0.980. The van der Waals surface area contributed by atoms with Crippen LogP contribution in [0, 0.1) is 0 Å². The van der Waals surface area contributed by atoms with E-state index < -0.39 is 11.7 Å². The Morgan fingerprint density at radius 3 is 2.53 bits per heavy atom. The zero-order valence-electron chi connectivity index (χ0n) is 10.4. The fourth-order valence-corrected chi connectivity index (χ4v) is 1.60. The summed E-state index contributed by atoms with van der Waals surface area (Å²) in [5, 5.41) is 2.86. The van der Waals surface area contributed by atoms with E-state index in [4.69, 9.17) is 21.1 Å². The lowest BCUT2D eigenvalue weighted by atomic mass is 10.2. The molecule has 0 heterocycles. The quantitative estimate of drug-likeness (QED) is 0.782. The van der Waals surface area contributed by atoms with Gasteiger partial charge in [-0.2, -0.15) is 13.2 Å². The molecule has 0 aromatic heterocycles. The van der Waals surface area contributed by atoms with E-state index in [1.165, 1.54) is 6.07 Å². The van der Waals surface area contributed by atoms with Gasteiger partial charge in [-0.3, -0.25) is 0 Å². The molecular formula is C12H15ClF3NO2. The van der Waals surface area contributed by atoms with Crippen molar-refractivity contribution >= 4 is 17.3 Å². The van der Waals surface area contributed by atoms with Crippen LogP contribution in [-0.2, 0) is 15.7 Å². The molecule has 1 rings (SSSR count). The zero-order chi connectivity index (χ0) is 14.3. The summed E-state index contributed by atoms with van der Waals surface area (Å²) < 4.78 is 47.6. The van der Waals surface area contributed by atoms with Crippen LogP contribution in [-0.4, -0.2) is 33.5 Å². The van der Waals surface area contributed by atoms with Gasteiger partial charge in [0.05, 0.1) is 25.4 Å². The summed E-state index contributed by atoms with van der Waals surface area (Å²) in [7, 11) is 1.56. The van der Waals surface area contributed by atoms with Gasteiger partial charge in [0.1, 0.15) is 0 Å². The molecule has 1 N–H and O–H groups in total. The van der Waals surface area contributed by atoms with E-state index in [9.17, 15) is 13.2 Å². The van der Waals surface area contributed by atoms with Gasteiger partial charge in [-0.1, -0.05) is 11.6 Å². The van der Waals surface area contributed by atoms with Gasteiger partial charge in [0.15, 0.2) is 0 Å². The summed E-state index contributed by atoms with van der Waals surface area (Å²) in [4.78, 5) is 0. The fraction of sp³-hybridized carbons (Fsp3) is 0.500. The number of ether oxygens (including phenoxy) is 2. The Morgan fingerprint density at radius 2 is 1.89 bits per heavy atom. The second-order valence-electron chi connectivity index (χ2n) is 3.76.